The van der Waals surface area contributed by atoms with Gasteiger partial charge in [0.1, 0.15) is 0 Å². The quantitative estimate of drug-likeness (QED) is 0.775. The number of benzene rings is 1. The van der Waals surface area contributed by atoms with E-state index in [1.54, 1.807) is 11.0 Å². The number of sulfonamides is 1. The zero-order chi connectivity index (χ0) is 17.0. The Bertz CT molecular complexity index is 690. The molecule has 8 nitrogen and oxygen atoms in total. The first kappa shape index (κ1) is 20.3. The first-order chi connectivity index (χ1) is 10.9. The van der Waals surface area contributed by atoms with Crippen molar-refractivity contribution >= 4 is 34.0 Å². The van der Waals surface area contributed by atoms with Crippen molar-refractivity contribution in [3.05, 3.63) is 17.7 Å². The summed E-state index contributed by atoms with van der Waals surface area (Å²) < 4.78 is 35.9. The Kier molecular flexibility index (Phi) is 7.12. The highest BCUT2D eigenvalue weighted by Gasteiger charge is 2.22. The average Bonchev–Trinajstić information content (AvgIpc) is 2.52. The van der Waals surface area contributed by atoms with Gasteiger partial charge in [0, 0.05) is 31.7 Å². The van der Waals surface area contributed by atoms with Gasteiger partial charge in [-0.25, -0.2) is 8.42 Å². The molecule has 1 amide bonds. The third kappa shape index (κ3) is 4.89. The second-order valence-electron chi connectivity index (χ2n) is 5.18. The van der Waals surface area contributed by atoms with Crippen molar-refractivity contribution in [1.82, 2.24) is 10.2 Å². The molecule has 0 aliphatic carbocycles. The number of carbonyl (C=O) groups is 1. The molecule has 1 aromatic carbocycles. The number of piperazine rings is 1. The van der Waals surface area contributed by atoms with Gasteiger partial charge in [-0.15, -0.1) is 12.4 Å². The van der Waals surface area contributed by atoms with Gasteiger partial charge in [-0.1, -0.05) is 0 Å². The van der Waals surface area contributed by atoms with Crippen molar-refractivity contribution in [3.63, 3.8) is 0 Å². The zero-order valence-corrected chi connectivity index (χ0v) is 15.4. The SMILES string of the molecule is COc1cc(C(=O)N2CCNCC2)cc(NS(C)(=O)=O)c1OC.Cl. The topological polar surface area (TPSA) is 97.0 Å². The number of amides is 1. The molecule has 0 spiro atoms. The minimum atomic E-state index is -3.52. The molecule has 0 saturated carbocycles. The summed E-state index contributed by atoms with van der Waals surface area (Å²) in [4.78, 5) is 14.3. The molecule has 1 aliphatic heterocycles. The Morgan fingerprint density at radius 3 is 2.33 bits per heavy atom. The van der Waals surface area contributed by atoms with E-state index in [0.717, 1.165) is 19.3 Å². The molecular formula is C14H22ClN3O5S. The first-order valence-electron chi connectivity index (χ1n) is 7.09. The van der Waals surface area contributed by atoms with Crippen LogP contribution in [0, 0.1) is 0 Å². The number of nitrogens with zero attached hydrogens (tertiary/aromatic N) is 1. The molecule has 2 N–H and O–H groups in total. The Morgan fingerprint density at radius 2 is 1.83 bits per heavy atom. The lowest BCUT2D eigenvalue weighted by Gasteiger charge is -2.28. The summed E-state index contributed by atoms with van der Waals surface area (Å²) in [5, 5.41) is 3.17. The Morgan fingerprint density at radius 1 is 1.21 bits per heavy atom. The maximum atomic E-state index is 12.6. The Balaban J connectivity index is 0.00000288. The Hall–Kier alpha value is -1.71. The molecule has 136 valence electrons. The first-order valence-corrected chi connectivity index (χ1v) is 8.98. The second-order valence-corrected chi connectivity index (χ2v) is 6.92. The summed E-state index contributed by atoms with van der Waals surface area (Å²) in [5.41, 5.74) is 0.517. The van der Waals surface area contributed by atoms with Gasteiger partial charge in [-0.3, -0.25) is 9.52 Å². The van der Waals surface area contributed by atoms with Gasteiger partial charge in [-0.2, -0.15) is 0 Å². The van der Waals surface area contributed by atoms with Crippen molar-refractivity contribution in [2.45, 2.75) is 0 Å². The maximum absolute atomic E-state index is 12.6. The lowest BCUT2D eigenvalue weighted by Crippen LogP contribution is -2.46. The largest absolute Gasteiger partial charge is 0.493 e. The van der Waals surface area contributed by atoms with E-state index in [-0.39, 0.29) is 29.8 Å². The van der Waals surface area contributed by atoms with Gasteiger partial charge >= 0.3 is 0 Å². The lowest BCUT2D eigenvalue weighted by molar-refractivity contribution is 0.0735. The van der Waals surface area contributed by atoms with Crippen LogP contribution in [0.4, 0.5) is 5.69 Å². The fourth-order valence-corrected chi connectivity index (χ4v) is 2.97. The number of halogens is 1. The van der Waals surface area contributed by atoms with Crippen LogP contribution in [0.15, 0.2) is 12.1 Å². The molecule has 0 unspecified atom stereocenters. The van der Waals surface area contributed by atoms with Gasteiger partial charge in [-0.05, 0) is 12.1 Å². The van der Waals surface area contributed by atoms with E-state index < -0.39 is 10.0 Å². The van der Waals surface area contributed by atoms with Gasteiger partial charge in [0.25, 0.3) is 5.91 Å². The van der Waals surface area contributed by atoms with Crippen LogP contribution >= 0.6 is 12.4 Å². The summed E-state index contributed by atoms with van der Waals surface area (Å²) in [6, 6.07) is 3.02. The third-order valence-electron chi connectivity index (χ3n) is 3.43. The van der Waals surface area contributed by atoms with E-state index >= 15 is 0 Å². The number of hydrogen-bond donors (Lipinski definition) is 2. The minimum absolute atomic E-state index is 0. The van der Waals surface area contributed by atoms with E-state index in [2.05, 4.69) is 10.0 Å². The number of rotatable bonds is 5. The van der Waals surface area contributed by atoms with Crippen LogP contribution in [-0.4, -0.2) is 65.9 Å². The molecule has 2 rings (SSSR count). The molecule has 1 fully saturated rings. The molecule has 0 radical (unpaired) electrons. The molecule has 1 aromatic rings. The van der Waals surface area contributed by atoms with Crippen molar-refractivity contribution in [2.75, 3.05) is 51.4 Å². The van der Waals surface area contributed by atoms with Crippen LogP contribution in [0.3, 0.4) is 0 Å². The smallest absolute Gasteiger partial charge is 0.254 e. The average molecular weight is 380 g/mol. The van der Waals surface area contributed by atoms with E-state index in [9.17, 15) is 13.2 Å². The molecule has 1 aliphatic rings. The summed E-state index contributed by atoms with van der Waals surface area (Å²) in [6.07, 6.45) is 1.03. The Labute approximate surface area is 148 Å². The number of nitrogens with one attached hydrogen (secondary N) is 2. The van der Waals surface area contributed by atoms with Gasteiger partial charge in [0.2, 0.25) is 10.0 Å². The summed E-state index contributed by atoms with van der Waals surface area (Å²) in [5.74, 6) is 0.346. The van der Waals surface area contributed by atoms with E-state index in [0.29, 0.717) is 24.4 Å². The fraction of sp³-hybridized carbons (Fsp3) is 0.500. The maximum Gasteiger partial charge on any atom is 0.254 e. The van der Waals surface area contributed by atoms with E-state index in [1.807, 2.05) is 0 Å². The van der Waals surface area contributed by atoms with E-state index in [1.165, 1.54) is 20.3 Å². The summed E-state index contributed by atoms with van der Waals surface area (Å²) >= 11 is 0. The van der Waals surface area contributed by atoms with Crippen molar-refractivity contribution in [1.29, 1.82) is 0 Å². The highest BCUT2D eigenvalue weighted by molar-refractivity contribution is 7.92. The van der Waals surface area contributed by atoms with Crippen molar-refractivity contribution < 1.29 is 22.7 Å². The molecule has 1 saturated heterocycles. The molecule has 1 heterocycles. The number of hydrogen-bond acceptors (Lipinski definition) is 6. The molecule has 10 heteroatoms. The van der Waals surface area contributed by atoms with Gasteiger partial charge in [0.05, 0.1) is 26.2 Å². The van der Waals surface area contributed by atoms with Crippen LogP contribution < -0.4 is 19.5 Å². The number of methoxy groups -OCH3 is 2. The standard InChI is InChI=1S/C14H21N3O5S.ClH/c1-21-12-9-10(14(18)17-6-4-15-5-7-17)8-11(13(12)22-2)16-23(3,19)20;/h8-9,15-16H,4-7H2,1-3H3;1H. The predicted octanol–water partition coefficient (Wildman–Crippen LogP) is 0.542. The normalized spacial score (nSPS) is 14.5. The number of anilines is 1. The summed E-state index contributed by atoms with van der Waals surface area (Å²) in [6.45, 7) is 2.66. The van der Waals surface area contributed by atoms with Crippen LogP contribution in [0.2, 0.25) is 0 Å². The van der Waals surface area contributed by atoms with Crippen molar-refractivity contribution in [2.24, 2.45) is 0 Å². The highest BCUT2D eigenvalue weighted by Crippen LogP contribution is 2.37. The lowest BCUT2D eigenvalue weighted by atomic mass is 10.1. The molecule has 0 bridgehead atoms. The van der Waals surface area contributed by atoms with Gasteiger partial charge < -0.3 is 19.7 Å². The molecule has 24 heavy (non-hydrogen) atoms. The minimum Gasteiger partial charge on any atom is -0.493 e. The summed E-state index contributed by atoms with van der Waals surface area (Å²) in [7, 11) is -0.685. The van der Waals surface area contributed by atoms with Crippen LogP contribution in [0.1, 0.15) is 10.4 Å². The molecule has 0 atom stereocenters. The predicted molar refractivity (Wildman–Crippen MR) is 94.0 cm³/mol. The molecular weight excluding hydrogens is 358 g/mol. The zero-order valence-electron chi connectivity index (χ0n) is 13.8. The van der Waals surface area contributed by atoms with E-state index in [4.69, 9.17) is 9.47 Å². The van der Waals surface area contributed by atoms with Gasteiger partial charge in [0.15, 0.2) is 11.5 Å². The molecule has 0 aromatic heterocycles. The van der Waals surface area contributed by atoms with Crippen LogP contribution in [0.5, 0.6) is 11.5 Å². The monoisotopic (exact) mass is 379 g/mol. The highest BCUT2D eigenvalue weighted by atomic mass is 35.5. The van der Waals surface area contributed by atoms with Crippen LogP contribution in [-0.2, 0) is 10.0 Å². The third-order valence-corrected chi connectivity index (χ3v) is 4.02. The number of carbonyl (C=O) groups excluding carboxylic acids is 1. The fourth-order valence-electron chi connectivity index (χ4n) is 2.41. The van der Waals surface area contributed by atoms with Crippen molar-refractivity contribution in [3.8, 4) is 11.5 Å². The van der Waals surface area contributed by atoms with Crippen LogP contribution in [0.25, 0.3) is 0 Å². The number of ether oxygens (including phenoxy) is 2. The second kappa shape index (κ2) is 8.41.